The van der Waals surface area contributed by atoms with Crippen molar-refractivity contribution in [2.24, 2.45) is 0 Å². The van der Waals surface area contributed by atoms with Gasteiger partial charge in [-0.2, -0.15) is 0 Å². The van der Waals surface area contributed by atoms with Crippen LogP contribution in [-0.2, 0) is 17.9 Å². The zero-order chi connectivity index (χ0) is 18.2. The number of benzene rings is 2. The molecule has 0 atom stereocenters. The average Bonchev–Trinajstić information content (AvgIpc) is 3.16. The highest BCUT2D eigenvalue weighted by Crippen LogP contribution is 2.21. The lowest BCUT2D eigenvalue weighted by Crippen LogP contribution is -2.23. The lowest BCUT2D eigenvalue weighted by atomic mass is 10.1. The van der Waals surface area contributed by atoms with Crippen molar-refractivity contribution in [2.75, 3.05) is 18.8 Å². The minimum atomic E-state index is -0.230. The van der Waals surface area contributed by atoms with Gasteiger partial charge in [-0.25, -0.2) is 4.39 Å². The smallest absolute Gasteiger partial charge is 0.221 e. The predicted octanol–water partition coefficient (Wildman–Crippen LogP) is 4.22. The van der Waals surface area contributed by atoms with Crippen LogP contribution in [0.3, 0.4) is 0 Å². The normalized spacial score (nSPS) is 14.5. The van der Waals surface area contributed by atoms with Gasteiger partial charge < -0.3 is 5.32 Å². The van der Waals surface area contributed by atoms with E-state index < -0.39 is 0 Å². The number of likely N-dealkylation sites (tertiary alicyclic amines) is 1. The summed E-state index contributed by atoms with van der Waals surface area (Å²) in [6.45, 7) is 3.94. The lowest BCUT2D eigenvalue weighted by molar-refractivity contribution is -0.120. The lowest BCUT2D eigenvalue weighted by Gasteiger charge is -2.14. The molecule has 5 heteroatoms. The minimum absolute atomic E-state index is 0.00465. The molecular weight excluding hydrogens is 347 g/mol. The molecule has 1 heterocycles. The third-order valence-electron chi connectivity index (χ3n) is 4.54. The highest BCUT2D eigenvalue weighted by Gasteiger charge is 2.11. The highest BCUT2D eigenvalue weighted by atomic mass is 32.2. The number of carbonyl (C=O) groups excluding carboxylic acids is 1. The van der Waals surface area contributed by atoms with E-state index in [0.29, 0.717) is 23.6 Å². The SMILES string of the molecule is O=C(CCSc1ccccc1F)NCc1ccc(CN2CCCC2)cc1. The molecule has 0 aliphatic carbocycles. The number of amides is 1. The number of nitrogens with one attached hydrogen (secondary N) is 1. The van der Waals surface area contributed by atoms with E-state index in [-0.39, 0.29) is 11.7 Å². The summed E-state index contributed by atoms with van der Waals surface area (Å²) >= 11 is 1.37. The molecule has 0 aromatic heterocycles. The van der Waals surface area contributed by atoms with Crippen LogP contribution in [0.2, 0.25) is 0 Å². The molecule has 0 spiro atoms. The molecular formula is C21H25FN2OS. The van der Waals surface area contributed by atoms with Crippen molar-refractivity contribution in [2.45, 2.75) is 37.2 Å². The third kappa shape index (κ3) is 5.85. The quantitative estimate of drug-likeness (QED) is 0.704. The van der Waals surface area contributed by atoms with Crippen molar-refractivity contribution < 1.29 is 9.18 Å². The van der Waals surface area contributed by atoms with E-state index in [9.17, 15) is 9.18 Å². The third-order valence-corrected chi connectivity index (χ3v) is 5.59. The van der Waals surface area contributed by atoms with Gasteiger partial charge in [0.15, 0.2) is 0 Å². The maximum absolute atomic E-state index is 13.5. The standard InChI is InChI=1S/C21H25FN2OS/c22-19-5-1-2-6-20(19)26-14-11-21(25)23-15-17-7-9-18(10-8-17)16-24-12-3-4-13-24/h1-2,5-10H,3-4,11-16H2,(H,23,25). The molecule has 0 radical (unpaired) electrons. The summed E-state index contributed by atoms with van der Waals surface area (Å²) in [6, 6.07) is 15.1. The van der Waals surface area contributed by atoms with E-state index >= 15 is 0 Å². The summed E-state index contributed by atoms with van der Waals surface area (Å²) in [5.41, 5.74) is 2.42. The molecule has 1 fully saturated rings. The van der Waals surface area contributed by atoms with Crippen LogP contribution in [0.5, 0.6) is 0 Å². The van der Waals surface area contributed by atoms with E-state index in [1.54, 1.807) is 18.2 Å². The van der Waals surface area contributed by atoms with E-state index in [1.807, 2.05) is 0 Å². The number of carbonyl (C=O) groups is 1. The van der Waals surface area contributed by atoms with Crippen LogP contribution < -0.4 is 5.32 Å². The Labute approximate surface area is 159 Å². The van der Waals surface area contributed by atoms with Gasteiger partial charge in [0.1, 0.15) is 5.82 Å². The van der Waals surface area contributed by atoms with Crippen LogP contribution >= 0.6 is 11.8 Å². The molecule has 3 rings (SSSR count). The molecule has 1 aliphatic heterocycles. The first-order chi connectivity index (χ1) is 12.7. The maximum atomic E-state index is 13.5. The van der Waals surface area contributed by atoms with Gasteiger partial charge in [0.25, 0.3) is 0 Å². The topological polar surface area (TPSA) is 32.3 Å². The van der Waals surface area contributed by atoms with Crippen LogP contribution in [0.25, 0.3) is 0 Å². The molecule has 1 N–H and O–H groups in total. The summed E-state index contributed by atoms with van der Waals surface area (Å²) in [4.78, 5) is 15.0. The number of thioether (sulfide) groups is 1. The van der Waals surface area contributed by atoms with Crippen LogP contribution in [0.1, 0.15) is 30.4 Å². The summed E-state index contributed by atoms with van der Waals surface area (Å²) in [6.07, 6.45) is 2.99. The van der Waals surface area contributed by atoms with Crippen molar-refractivity contribution in [3.05, 3.63) is 65.5 Å². The van der Waals surface area contributed by atoms with Crippen LogP contribution in [0.15, 0.2) is 53.4 Å². The second kappa shape index (κ2) is 9.74. The number of hydrogen-bond acceptors (Lipinski definition) is 3. The van der Waals surface area contributed by atoms with Gasteiger partial charge in [-0.3, -0.25) is 9.69 Å². The first kappa shape index (κ1) is 18.9. The van der Waals surface area contributed by atoms with E-state index in [0.717, 1.165) is 12.1 Å². The molecule has 1 saturated heterocycles. The van der Waals surface area contributed by atoms with Crippen molar-refractivity contribution in [1.82, 2.24) is 10.2 Å². The van der Waals surface area contributed by atoms with Gasteiger partial charge in [-0.15, -0.1) is 11.8 Å². The van der Waals surface area contributed by atoms with Crippen molar-refractivity contribution in [3.63, 3.8) is 0 Å². The van der Waals surface area contributed by atoms with Gasteiger partial charge in [0, 0.05) is 30.2 Å². The van der Waals surface area contributed by atoms with Gasteiger partial charge in [0.2, 0.25) is 5.91 Å². The van der Waals surface area contributed by atoms with Gasteiger partial charge in [-0.1, -0.05) is 36.4 Å². The molecule has 1 amide bonds. The van der Waals surface area contributed by atoms with Crippen LogP contribution in [0, 0.1) is 5.82 Å². The monoisotopic (exact) mass is 372 g/mol. The molecule has 0 saturated carbocycles. The summed E-state index contributed by atoms with van der Waals surface area (Å²) in [5.74, 6) is 0.337. The Morgan fingerprint density at radius 2 is 1.73 bits per heavy atom. The summed E-state index contributed by atoms with van der Waals surface area (Å²) in [7, 11) is 0. The van der Waals surface area contributed by atoms with Gasteiger partial charge in [-0.05, 0) is 49.2 Å². The zero-order valence-electron chi connectivity index (χ0n) is 14.9. The first-order valence-electron chi connectivity index (χ1n) is 9.15. The minimum Gasteiger partial charge on any atom is -0.352 e. The second-order valence-corrected chi connectivity index (χ2v) is 7.74. The fourth-order valence-corrected chi connectivity index (χ4v) is 3.95. The maximum Gasteiger partial charge on any atom is 0.221 e. The Morgan fingerprint density at radius 1 is 1.04 bits per heavy atom. The molecule has 2 aromatic carbocycles. The van der Waals surface area contributed by atoms with Crippen molar-refractivity contribution in [3.8, 4) is 0 Å². The summed E-state index contributed by atoms with van der Waals surface area (Å²) < 4.78 is 13.5. The largest absolute Gasteiger partial charge is 0.352 e. The molecule has 2 aromatic rings. The van der Waals surface area contributed by atoms with Crippen molar-refractivity contribution >= 4 is 17.7 Å². The van der Waals surface area contributed by atoms with Gasteiger partial charge in [0.05, 0.1) is 0 Å². The Kier molecular flexibility index (Phi) is 7.09. The Bertz CT molecular complexity index is 714. The fourth-order valence-electron chi connectivity index (χ4n) is 3.07. The van der Waals surface area contributed by atoms with Gasteiger partial charge >= 0.3 is 0 Å². The van der Waals surface area contributed by atoms with Crippen LogP contribution in [-0.4, -0.2) is 29.6 Å². The molecule has 0 unspecified atom stereocenters. The summed E-state index contributed by atoms with van der Waals surface area (Å²) in [5, 5.41) is 2.94. The predicted molar refractivity (Wildman–Crippen MR) is 105 cm³/mol. The highest BCUT2D eigenvalue weighted by molar-refractivity contribution is 7.99. The zero-order valence-corrected chi connectivity index (χ0v) is 15.7. The number of rotatable bonds is 8. The number of halogens is 1. The fraction of sp³-hybridized carbons (Fsp3) is 0.381. The number of hydrogen-bond donors (Lipinski definition) is 1. The first-order valence-corrected chi connectivity index (χ1v) is 10.1. The molecule has 26 heavy (non-hydrogen) atoms. The Morgan fingerprint density at radius 3 is 2.46 bits per heavy atom. The van der Waals surface area contributed by atoms with E-state index in [2.05, 4.69) is 34.5 Å². The van der Waals surface area contributed by atoms with E-state index in [4.69, 9.17) is 0 Å². The Hall–Kier alpha value is -1.85. The molecule has 138 valence electrons. The van der Waals surface area contributed by atoms with Crippen molar-refractivity contribution in [1.29, 1.82) is 0 Å². The average molecular weight is 373 g/mol. The van der Waals surface area contributed by atoms with E-state index in [1.165, 1.54) is 49.3 Å². The second-order valence-electron chi connectivity index (χ2n) is 6.61. The number of nitrogens with zero attached hydrogens (tertiary/aromatic N) is 1. The molecule has 3 nitrogen and oxygen atoms in total. The molecule has 0 bridgehead atoms. The Balaban J connectivity index is 1.36. The molecule has 1 aliphatic rings. The van der Waals surface area contributed by atoms with Crippen LogP contribution in [0.4, 0.5) is 4.39 Å².